The minimum Gasteiger partial charge on any atom is -0.383 e. The lowest BCUT2D eigenvalue weighted by Crippen LogP contribution is -2.63. The van der Waals surface area contributed by atoms with Gasteiger partial charge in [0, 0.05) is 50.9 Å². The van der Waals surface area contributed by atoms with Gasteiger partial charge in [0.2, 0.25) is 0 Å². The van der Waals surface area contributed by atoms with Crippen LogP contribution in [-0.4, -0.2) is 67.3 Å². The quantitative estimate of drug-likeness (QED) is 0.743. The van der Waals surface area contributed by atoms with Crippen LogP contribution in [0.5, 0.6) is 0 Å². The Morgan fingerprint density at radius 2 is 1.86 bits per heavy atom. The van der Waals surface area contributed by atoms with Gasteiger partial charge in [-0.15, -0.1) is 0 Å². The van der Waals surface area contributed by atoms with Crippen LogP contribution in [0, 0.1) is 5.92 Å². The molecule has 1 aliphatic heterocycles. The van der Waals surface area contributed by atoms with Crippen LogP contribution in [0.25, 0.3) is 0 Å². The summed E-state index contributed by atoms with van der Waals surface area (Å²) in [5.41, 5.74) is 6.48. The molecule has 2 N–H and O–H groups in total. The molecule has 2 aliphatic rings. The fourth-order valence-corrected chi connectivity index (χ4v) is 3.96. The van der Waals surface area contributed by atoms with Crippen molar-refractivity contribution in [2.45, 2.75) is 64.1 Å². The molecular formula is C17H35N3O. The molecule has 2 fully saturated rings. The molecule has 2 rings (SSSR count). The molecule has 1 saturated carbocycles. The molecule has 21 heavy (non-hydrogen) atoms. The van der Waals surface area contributed by atoms with Gasteiger partial charge in [-0.2, -0.15) is 0 Å². The first kappa shape index (κ1) is 17.2. The molecule has 1 heterocycles. The monoisotopic (exact) mass is 297 g/mol. The summed E-state index contributed by atoms with van der Waals surface area (Å²) >= 11 is 0. The predicted molar refractivity (Wildman–Crippen MR) is 88.5 cm³/mol. The molecule has 4 nitrogen and oxygen atoms in total. The Balaban J connectivity index is 2.07. The number of ether oxygens (including phenoxy) is 1. The summed E-state index contributed by atoms with van der Waals surface area (Å²) in [7, 11) is 1.80. The SMILES string of the molecule is COCCN(C(C)C1CC1)C1(CN)CCN(C(C)C)CC1. The Labute approximate surface area is 131 Å². The van der Waals surface area contributed by atoms with Gasteiger partial charge in [-0.25, -0.2) is 0 Å². The summed E-state index contributed by atoms with van der Waals surface area (Å²) in [6.45, 7) is 12.0. The number of hydrogen-bond donors (Lipinski definition) is 1. The Bertz CT molecular complexity index is 309. The lowest BCUT2D eigenvalue weighted by molar-refractivity contribution is -0.0236. The third-order valence-corrected chi connectivity index (χ3v) is 5.78. The average Bonchev–Trinajstić information content (AvgIpc) is 3.32. The van der Waals surface area contributed by atoms with E-state index in [0.717, 1.165) is 25.6 Å². The van der Waals surface area contributed by atoms with E-state index in [2.05, 4.69) is 30.6 Å². The van der Waals surface area contributed by atoms with E-state index < -0.39 is 0 Å². The Hall–Kier alpha value is -0.160. The first-order valence-electron chi connectivity index (χ1n) is 8.74. The largest absolute Gasteiger partial charge is 0.383 e. The minimum atomic E-state index is 0.186. The smallest absolute Gasteiger partial charge is 0.0590 e. The van der Waals surface area contributed by atoms with Crippen molar-refractivity contribution >= 4 is 0 Å². The summed E-state index contributed by atoms with van der Waals surface area (Å²) in [4.78, 5) is 5.29. The van der Waals surface area contributed by atoms with Crippen molar-refractivity contribution in [2.75, 3.05) is 39.9 Å². The summed E-state index contributed by atoms with van der Waals surface area (Å²) < 4.78 is 5.37. The second-order valence-electron chi connectivity index (χ2n) is 7.32. The zero-order chi connectivity index (χ0) is 15.5. The second kappa shape index (κ2) is 7.40. The molecule has 0 bridgehead atoms. The molecule has 124 valence electrons. The summed E-state index contributed by atoms with van der Waals surface area (Å²) in [6.07, 6.45) is 5.18. The molecule has 1 aliphatic carbocycles. The fourth-order valence-electron chi connectivity index (χ4n) is 3.96. The highest BCUT2D eigenvalue weighted by molar-refractivity contribution is 5.01. The van der Waals surface area contributed by atoms with E-state index in [1.165, 1.54) is 38.8 Å². The standard InChI is InChI=1S/C17H35N3O/c1-14(2)19-9-7-17(13-18,8-10-19)20(11-12-21-4)15(3)16-5-6-16/h14-16H,5-13,18H2,1-4H3. The van der Waals surface area contributed by atoms with Crippen LogP contribution in [0.4, 0.5) is 0 Å². The molecule has 1 unspecified atom stereocenters. The van der Waals surface area contributed by atoms with Gasteiger partial charge in [0.15, 0.2) is 0 Å². The number of piperidine rings is 1. The number of likely N-dealkylation sites (tertiary alicyclic amines) is 1. The first-order valence-corrected chi connectivity index (χ1v) is 8.74. The van der Waals surface area contributed by atoms with Gasteiger partial charge in [-0.3, -0.25) is 4.90 Å². The lowest BCUT2D eigenvalue weighted by Gasteiger charge is -2.51. The summed E-state index contributed by atoms with van der Waals surface area (Å²) in [6, 6.07) is 1.29. The van der Waals surface area contributed by atoms with E-state index in [9.17, 15) is 0 Å². The number of rotatable bonds is 8. The molecule has 0 amide bonds. The highest BCUT2D eigenvalue weighted by Gasteiger charge is 2.44. The van der Waals surface area contributed by atoms with Crippen molar-refractivity contribution < 1.29 is 4.74 Å². The number of nitrogens with zero attached hydrogens (tertiary/aromatic N) is 2. The average molecular weight is 297 g/mol. The van der Waals surface area contributed by atoms with E-state index in [-0.39, 0.29) is 5.54 Å². The van der Waals surface area contributed by atoms with Crippen LogP contribution in [0.15, 0.2) is 0 Å². The lowest BCUT2D eigenvalue weighted by atomic mass is 9.83. The van der Waals surface area contributed by atoms with E-state index in [1.54, 1.807) is 7.11 Å². The van der Waals surface area contributed by atoms with Crippen molar-refractivity contribution in [3.63, 3.8) is 0 Å². The van der Waals surface area contributed by atoms with E-state index >= 15 is 0 Å². The summed E-state index contributed by atoms with van der Waals surface area (Å²) in [5.74, 6) is 0.883. The third kappa shape index (κ3) is 3.98. The zero-order valence-electron chi connectivity index (χ0n) is 14.5. The van der Waals surface area contributed by atoms with E-state index in [1.807, 2.05) is 0 Å². The maximum atomic E-state index is 6.29. The van der Waals surface area contributed by atoms with Crippen LogP contribution in [0.1, 0.15) is 46.5 Å². The predicted octanol–water partition coefficient (Wildman–Crippen LogP) is 1.94. The maximum Gasteiger partial charge on any atom is 0.0590 e. The van der Waals surface area contributed by atoms with Gasteiger partial charge < -0.3 is 15.4 Å². The second-order valence-corrected chi connectivity index (χ2v) is 7.32. The Kier molecular flexibility index (Phi) is 6.06. The first-order chi connectivity index (χ1) is 10.0. The highest BCUT2D eigenvalue weighted by atomic mass is 16.5. The van der Waals surface area contributed by atoms with Crippen LogP contribution in [0.2, 0.25) is 0 Å². The van der Waals surface area contributed by atoms with E-state index in [4.69, 9.17) is 10.5 Å². The topological polar surface area (TPSA) is 41.7 Å². The molecule has 4 heteroatoms. The van der Waals surface area contributed by atoms with Crippen molar-refractivity contribution in [3.8, 4) is 0 Å². The number of hydrogen-bond acceptors (Lipinski definition) is 4. The van der Waals surface area contributed by atoms with Crippen molar-refractivity contribution in [1.82, 2.24) is 9.80 Å². The number of nitrogens with two attached hydrogens (primary N) is 1. The van der Waals surface area contributed by atoms with Gasteiger partial charge in [0.25, 0.3) is 0 Å². The van der Waals surface area contributed by atoms with Gasteiger partial charge in [-0.1, -0.05) is 0 Å². The van der Waals surface area contributed by atoms with Crippen LogP contribution in [0.3, 0.4) is 0 Å². The normalized spacial score (nSPS) is 24.7. The molecule has 0 spiro atoms. The molecule has 1 atom stereocenters. The Morgan fingerprint density at radius 3 is 2.29 bits per heavy atom. The molecule has 0 aromatic heterocycles. The zero-order valence-corrected chi connectivity index (χ0v) is 14.5. The van der Waals surface area contributed by atoms with Crippen molar-refractivity contribution in [3.05, 3.63) is 0 Å². The van der Waals surface area contributed by atoms with Crippen LogP contribution in [-0.2, 0) is 4.74 Å². The van der Waals surface area contributed by atoms with Crippen molar-refractivity contribution in [2.24, 2.45) is 11.7 Å². The molecule has 1 saturated heterocycles. The molecule has 0 aromatic carbocycles. The van der Waals surface area contributed by atoms with Gasteiger partial charge in [0.1, 0.15) is 0 Å². The van der Waals surface area contributed by atoms with E-state index in [0.29, 0.717) is 12.1 Å². The molecule has 0 radical (unpaired) electrons. The van der Waals surface area contributed by atoms with Gasteiger partial charge >= 0.3 is 0 Å². The van der Waals surface area contributed by atoms with Crippen LogP contribution >= 0.6 is 0 Å². The van der Waals surface area contributed by atoms with Crippen LogP contribution < -0.4 is 5.73 Å². The maximum absolute atomic E-state index is 6.29. The molecule has 0 aromatic rings. The van der Waals surface area contributed by atoms with Gasteiger partial charge in [0.05, 0.1) is 6.61 Å². The minimum absolute atomic E-state index is 0.186. The fraction of sp³-hybridized carbons (Fsp3) is 1.00. The summed E-state index contributed by atoms with van der Waals surface area (Å²) in [5, 5.41) is 0. The highest BCUT2D eigenvalue weighted by Crippen LogP contribution is 2.40. The Morgan fingerprint density at radius 1 is 1.24 bits per heavy atom. The number of methoxy groups -OCH3 is 1. The van der Waals surface area contributed by atoms with Gasteiger partial charge in [-0.05, 0) is 52.4 Å². The van der Waals surface area contributed by atoms with Crippen molar-refractivity contribution in [1.29, 1.82) is 0 Å². The molecular weight excluding hydrogens is 262 g/mol. The third-order valence-electron chi connectivity index (χ3n) is 5.78.